The molecule has 1 amide bonds. The van der Waals surface area contributed by atoms with Crippen LogP contribution in [0.3, 0.4) is 0 Å². The first kappa shape index (κ1) is 11.8. The fourth-order valence-electron chi connectivity index (χ4n) is 3.62. The Morgan fingerprint density at radius 2 is 1.78 bits per heavy atom. The molecule has 0 unspecified atom stereocenters. The lowest BCUT2D eigenvalue weighted by molar-refractivity contribution is -0.116. The topological polar surface area (TPSA) is 29.1 Å². The third-order valence-corrected chi connectivity index (χ3v) is 4.54. The van der Waals surface area contributed by atoms with Crippen molar-refractivity contribution in [1.82, 2.24) is 0 Å². The Morgan fingerprint density at radius 3 is 2.61 bits per heavy atom. The number of para-hydroxylation sites is 1. The summed E-state index contributed by atoms with van der Waals surface area (Å²) < 4.78 is 0. The number of benzene rings is 1. The number of amides is 1. The van der Waals surface area contributed by atoms with Gasteiger partial charge in [0.2, 0.25) is 5.91 Å². The molecule has 96 valence electrons. The molecule has 1 aromatic carbocycles. The van der Waals surface area contributed by atoms with Crippen LogP contribution in [0.1, 0.15) is 56.4 Å². The normalized spacial score (nSPS) is 25.1. The molecule has 1 atom stereocenters. The highest BCUT2D eigenvalue weighted by atomic mass is 16.1. The Bertz CT molecular complexity index is 434. The summed E-state index contributed by atoms with van der Waals surface area (Å²) >= 11 is 0. The van der Waals surface area contributed by atoms with Crippen molar-refractivity contribution in [2.24, 2.45) is 5.92 Å². The van der Waals surface area contributed by atoms with Gasteiger partial charge in [-0.2, -0.15) is 0 Å². The van der Waals surface area contributed by atoms with Gasteiger partial charge in [-0.1, -0.05) is 37.5 Å². The molecule has 1 N–H and O–H groups in total. The summed E-state index contributed by atoms with van der Waals surface area (Å²) in [6.07, 6.45) is 8.50. The van der Waals surface area contributed by atoms with Crippen LogP contribution in [-0.2, 0) is 4.79 Å². The lowest BCUT2D eigenvalue weighted by Crippen LogP contribution is -2.16. The van der Waals surface area contributed by atoms with E-state index < -0.39 is 0 Å². The van der Waals surface area contributed by atoms with Crippen molar-refractivity contribution < 1.29 is 4.79 Å². The van der Waals surface area contributed by atoms with Gasteiger partial charge in [-0.25, -0.2) is 0 Å². The molecule has 1 aromatic rings. The van der Waals surface area contributed by atoms with Crippen molar-refractivity contribution in [3.63, 3.8) is 0 Å². The summed E-state index contributed by atoms with van der Waals surface area (Å²) in [5, 5.41) is 3.05. The first-order valence-corrected chi connectivity index (χ1v) is 7.23. The SMILES string of the molecule is O=C1CC[C@H](C2CCCCC2)c2ccccc2N1. The van der Waals surface area contributed by atoms with E-state index in [2.05, 4.69) is 17.4 Å². The Morgan fingerprint density at radius 1 is 1.00 bits per heavy atom. The monoisotopic (exact) mass is 243 g/mol. The van der Waals surface area contributed by atoms with Crippen LogP contribution in [0.4, 0.5) is 5.69 Å². The van der Waals surface area contributed by atoms with Gasteiger partial charge in [0.25, 0.3) is 0 Å². The summed E-state index contributed by atoms with van der Waals surface area (Å²) in [4.78, 5) is 11.8. The number of fused-ring (bicyclic) bond motifs is 1. The highest BCUT2D eigenvalue weighted by Gasteiger charge is 2.29. The first-order valence-electron chi connectivity index (χ1n) is 7.23. The van der Waals surface area contributed by atoms with Crippen molar-refractivity contribution in [2.45, 2.75) is 50.9 Å². The summed E-state index contributed by atoms with van der Waals surface area (Å²) in [7, 11) is 0. The lowest BCUT2D eigenvalue weighted by Gasteiger charge is -2.30. The fraction of sp³-hybridized carbons (Fsp3) is 0.562. The van der Waals surface area contributed by atoms with Crippen molar-refractivity contribution >= 4 is 11.6 Å². The van der Waals surface area contributed by atoms with Crippen LogP contribution >= 0.6 is 0 Å². The van der Waals surface area contributed by atoms with Crippen LogP contribution in [0.2, 0.25) is 0 Å². The van der Waals surface area contributed by atoms with Crippen LogP contribution in [0.15, 0.2) is 24.3 Å². The van der Waals surface area contributed by atoms with E-state index >= 15 is 0 Å². The standard InChI is InChI=1S/C16H21NO/c18-16-11-10-13(12-6-2-1-3-7-12)14-8-4-5-9-15(14)17-16/h4-5,8-9,12-13H,1-3,6-7,10-11H2,(H,17,18)/t13-/m1/s1. The van der Waals surface area contributed by atoms with Crippen LogP contribution in [0.5, 0.6) is 0 Å². The predicted octanol–water partition coefficient (Wildman–Crippen LogP) is 4.08. The average molecular weight is 243 g/mol. The van der Waals surface area contributed by atoms with Crippen molar-refractivity contribution in [3.8, 4) is 0 Å². The fourth-order valence-corrected chi connectivity index (χ4v) is 3.62. The third kappa shape index (κ3) is 2.29. The largest absolute Gasteiger partial charge is 0.326 e. The molecule has 2 nitrogen and oxygen atoms in total. The van der Waals surface area contributed by atoms with E-state index in [1.807, 2.05) is 12.1 Å². The lowest BCUT2D eigenvalue weighted by atomic mass is 9.75. The molecule has 2 aliphatic rings. The number of anilines is 1. The molecule has 0 aromatic heterocycles. The second-order valence-electron chi connectivity index (χ2n) is 5.68. The van der Waals surface area contributed by atoms with Crippen molar-refractivity contribution in [3.05, 3.63) is 29.8 Å². The summed E-state index contributed by atoms with van der Waals surface area (Å²) in [6, 6.07) is 8.38. The predicted molar refractivity (Wildman–Crippen MR) is 73.6 cm³/mol. The molecule has 0 radical (unpaired) electrons. The zero-order valence-corrected chi connectivity index (χ0v) is 10.8. The van der Waals surface area contributed by atoms with E-state index in [1.165, 1.54) is 37.7 Å². The minimum atomic E-state index is 0.181. The second kappa shape index (κ2) is 5.13. The van der Waals surface area contributed by atoms with E-state index in [1.54, 1.807) is 0 Å². The number of rotatable bonds is 1. The zero-order valence-electron chi connectivity index (χ0n) is 10.8. The van der Waals surface area contributed by atoms with Crippen molar-refractivity contribution in [1.29, 1.82) is 0 Å². The summed E-state index contributed by atoms with van der Waals surface area (Å²) in [5.74, 6) is 1.55. The maximum Gasteiger partial charge on any atom is 0.224 e. The van der Waals surface area contributed by atoms with Crippen LogP contribution in [0, 0.1) is 5.92 Å². The molecule has 0 saturated heterocycles. The van der Waals surface area contributed by atoms with Gasteiger partial charge in [-0.3, -0.25) is 4.79 Å². The number of nitrogens with one attached hydrogen (secondary N) is 1. The van der Waals surface area contributed by atoms with E-state index in [4.69, 9.17) is 0 Å². The highest BCUT2D eigenvalue weighted by molar-refractivity contribution is 5.92. The molecule has 3 rings (SSSR count). The maximum atomic E-state index is 11.8. The molecule has 0 spiro atoms. The molecular formula is C16H21NO. The zero-order chi connectivity index (χ0) is 12.4. The third-order valence-electron chi connectivity index (χ3n) is 4.54. The maximum absolute atomic E-state index is 11.8. The Hall–Kier alpha value is -1.31. The molecule has 1 saturated carbocycles. The van der Waals surface area contributed by atoms with Gasteiger partial charge in [0.1, 0.15) is 0 Å². The van der Waals surface area contributed by atoms with Gasteiger partial charge < -0.3 is 5.32 Å². The number of carbonyl (C=O) groups is 1. The quantitative estimate of drug-likeness (QED) is 0.791. The summed E-state index contributed by atoms with van der Waals surface area (Å²) in [5.41, 5.74) is 2.42. The smallest absolute Gasteiger partial charge is 0.224 e. The molecule has 1 aliphatic heterocycles. The Balaban J connectivity index is 1.91. The van der Waals surface area contributed by atoms with Crippen molar-refractivity contribution in [2.75, 3.05) is 5.32 Å². The molecule has 1 aliphatic carbocycles. The summed E-state index contributed by atoms with van der Waals surface area (Å²) in [6.45, 7) is 0. The highest BCUT2D eigenvalue weighted by Crippen LogP contribution is 2.42. The van der Waals surface area contributed by atoms with E-state index in [0.29, 0.717) is 12.3 Å². The second-order valence-corrected chi connectivity index (χ2v) is 5.68. The molecule has 0 bridgehead atoms. The minimum Gasteiger partial charge on any atom is -0.326 e. The first-order chi connectivity index (χ1) is 8.84. The molecule has 18 heavy (non-hydrogen) atoms. The van der Waals surface area contributed by atoms with Gasteiger partial charge in [-0.15, -0.1) is 0 Å². The van der Waals surface area contributed by atoms with Gasteiger partial charge in [0, 0.05) is 12.1 Å². The van der Waals surface area contributed by atoms with Crippen LogP contribution < -0.4 is 5.32 Å². The number of hydrogen-bond acceptors (Lipinski definition) is 1. The van der Waals surface area contributed by atoms with E-state index in [0.717, 1.165) is 18.0 Å². The Labute approximate surface area is 109 Å². The van der Waals surface area contributed by atoms with Crippen LogP contribution in [0.25, 0.3) is 0 Å². The molecule has 2 heteroatoms. The van der Waals surface area contributed by atoms with E-state index in [-0.39, 0.29) is 5.91 Å². The van der Waals surface area contributed by atoms with Crippen LogP contribution in [-0.4, -0.2) is 5.91 Å². The Kier molecular flexibility index (Phi) is 3.35. The number of carbonyl (C=O) groups excluding carboxylic acids is 1. The minimum absolute atomic E-state index is 0.181. The van der Waals surface area contributed by atoms with Gasteiger partial charge >= 0.3 is 0 Å². The van der Waals surface area contributed by atoms with Gasteiger partial charge in [0.15, 0.2) is 0 Å². The van der Waals surface area contributed by atoms with E-state index in [9.17, 15) is 4.79 Å². The van der Waals surface area contributed by atoms with Gasteiger partial charge in [0.05, 0.1) is 0 Å². The van der Waals surface area contributed by atoms with Gasteiger partial charge in [-0.05, 0) is 42.7 Å². The molecule has 1 heterocycles. The average Bonchev–Trinajstić information content (AvgIpc) is 2.58. The molecule has 1 fully saturated rings. The molecular weight excluding hydrogens is 222 g/mol. The number of hydrogen-bond donors (Lipinski definition) is 1.